The summed E-state index contributed by atoms with van der Waals surface area (Å²) in [7, 11) is 0. The molecule has 0 heterocycles. The van der Waals surface area contributed by atoms with Gasteiger partial charge in [0.1, 0.15) is 19.0 Å². The Morgan fingerprint density at radius 3 is 2.11 bits per heavy atom. The molecule has 0 aliphatic rings. The van der Waals surface area contributed by atoms with Crippen LogP contribution in [0.4, 0.5) is 0 Å². The summed E-state index contributed by atoms with van der Waals surface area (Å²) in [6.45, 7) is 5.37. The van der Waals surface area contributed by atoms with Crippen molar-refractivity contribution < 1.29 is 28.6 Å². The van der Waals surface area contributed by atoms with Crippen LogP contribution >= 0.6 is 0 Å². The van der Waals surface area contributed by atoms with Gasteiger partial charge in [-0.25, -0.2) is 0 Å². The van der Waals surface area contributed by atoms with E-state index in [1.165, 1.54) is 13.8 Å². The number of hydrogen-bond acceptors (Lipinski definition) is 6. The van der Waals surface area contributed by atoms with Crippen LogP contribution in [0, 0.1) is 5.41 Å². The topological polar surface area (TPSA) is 105 Å². The van der Waals surface area contributed by atoms with E-state index in [1.807, 2.05) is 42.5 Å². The number of ether oxygens (including phenoxy) is 3. The van der Waals surface area contributed by atoms with Gasteiger partial charge in [-0.1, -0.05) is 56.2 Å². The average Bonchev–Trinajstić information content (AvgIpc) is 2.83. The number of hydrogen-bond donors (Lipinski definition) is 1. The van der Waals surface area contributed by atoms with Gasteiger partial charge in [0.2, 0.25) is 5.91 Å². The number of aryl methyl sites for hydroxylation is 1. The molecule has 2 rings (SSSR count). The molecule has 7 nitrogen and oxygen atoms in total. The van der Waals surface area contributed by atoms with E-state index in [0.29, 0.717) is 12.8 Å². The Labute approximate surface area is 207 Å². The van der Waals surface area contributed by atoms with Crippen molar-refractivity contribution in [2.45, 2.75) is 59.3 Å². The highest BCUT2D eigenvalue weighted by atomic mass is 16.5. The maximum atomic E-state index is 11.8. The van der Waals surface area contributed by atoms with Gasteiger partial charge in [0.05, 0.1) is 6.61 Å². The molecule has 0 radical (unpaired) electrons. The molecule has 7 heteroatoms. The summed E-state index contributed by atoms with van der Waals surface area (Å²) in [6, 6.07) is 16.1. The van der Waals surface area contributed by atoms with Gasteiger partial charge >= 0.3 is 11.9 Å². The molecule has 2 N–H and O–H groups in total. The lowest BCUT2D eigenvalue weighted by Crippen LogP contribution is -2.38. The molecule has 190 valence electrons. The number of benzene rings is 2. The lowest BCUT2D eigenvalue weighted by molar-refractivity contribution is -0.154. The molecule has 2 aromatic carbocycles. The summed E-state index contributed by atoms with van der Waals surface area (Å²) in [5.41, 5.74) is 7.76. The Morgan fingerprint density at radius 1 is 0.886 bits per heavy atom. The lowest BCUT2D eigenvalue weighted by Gasteiger charge is -2.31. The van der Waals surface area contributed by atoms with Gasteiger partial charge in [0, 0.05) is 25.7 Å². The molecule has 0 fully saturated rings. The summed E-state index contributed by atoms with van der Waals surface area (Å²) < 4.78 is 16.3. The molecular formula is C28H37NO6. The molecule has 0 aliphatic carbocycles. The van der Waals surface area contributed by atoms with Crippen molar-refractivity contribution in [3.8, 4) is 16.9 Å². The molecule has 0 saturated carbocycles. The van der Waals surface area contributed by atoms with E-state index in [9.17, 15) is 14.4 Å². The van der Waals surface area contributed by atoms with E-state index in [1.54, 1.807) is 0 Å². The minimum Gasteiger partial charge on any atom is -0.494 e. The third kappa shape index (κ3) is 10.2. The molecule has 0 aromatic heterocycles. The predicted octanol–water partition coefficient (Wildman–Crippen LogP) is 4.84. The number of carbonyl (C=O) groups is 3. The van der Waals surface area contributed by atoms with Crippen LogP contribution in [-0.2, 0) is 30.3 Å². The van der Waals surface area contributed by atoms with Crippen molar-refractivity contribution in [1.29, 1.82) is 0 Å². The molecule has 1 amide bonds. The summed E-state index contributed by atoms with van der Waals surface area (Å²) in [5.74, 6) is -0.633. The van der Waals surface area contributed by atoms with E-state index in [4.69, 9.17) is 19.9 Å². The third-order valence-electron chi connectivity index (χ3n) is 5.79. The fraction of sp³-hybridized carbons (Fsp3) is 0.464. The minimum absolute atomic E-state index is 0.0576. The maximum absolute atomic E-state index is 11.8. The first-order valence-electron chi connectivity index (χ1n) is 12.1. The van der Waals surface area contributed by atoms with Crippen molar-refractivity contribution in [3.05, 3.63) is 54.1 Å². The standard InChI is InChI=1S/C28H37NO6/c1-4-5-6-16-33-26-12-10-24(11-13-26)25-9-7-8-23(17-25)14-15-28(18-27(29)32,19-34-21(2)30)20-35-22(3)31/h7-13,17H,4-6,14-16,18-20H2,1-3H3,(H2,29,32). The van der Waals surface area contributed by atoms with Crippen molar-refractivity contribution in [2.75, 3.05) is 19.8 Å². The fourth-order valence-electron chi connectivity index (χ4n) is 3.86. The number of primary amides is 1. The zero-order chi connectivity index (χ0) is 25.7. The van der Waals surface area contributed by atoms with Gasteiger partial charge in [-0.2, -0.15) is 0 Å². The van der Waals surface area contributed by atoms with Gasteiger partial charge in [-0.3, -0.25) is 14.4 Å². The highest BCUT2D eigenvalue weighted by Crippen LogP contribution is 2.31. The fourth-order valence-corrected chi connectivity index (χ4v) is 3.86. The quantitative estimate of drug-likeness (QED) is 0.287. The van der Waals surface area contributed by atoms with Crippen LogP contribution in [0.5, 0.6) is 5.75 Å². The molecule has 0 atom stereocenters. The van der Waals surface area contributed by atoms with E-state index in [-0.39, 0.29) is 19.6 Å². The highest BCUT2D eigenvalue weighted by molar-refractivity contribution is 5.75. The van der Waals surface area contributed by atoms with Crippen LogP contribution in [0.25, 0.3) is 11.1 Å². The Hall–Kier alpha value is -3.35. The van der Waals surface area contributed by atoms with Crippen molar-refractivity contribution in [2.24, 2.45) is 11.1 Å². The van der Waals surface area contributed by atoms with Crippen LogP contribution in [0.2, 0.25) is 0 Å². The normalized spacial score (nSPS) is 11.1. The van der Waals surface area contributed by atoms with E-state index in [2.05, 4.69) is 13.0 Å². The number of amides is 1. The van der Waals surface area contributed by atoms with Crippen LogP contribution in [0.3, 0.4) is 0 Å². The van der Waals surface area contributed by atoms with Crippen LogP contribution in [-0.4, -0.2) is 37.7 Å². The first-order valence-corrected chi connectivity index (χ1v) is 12.1. The zero-order valence-electron chi connectivity index (χ0n) is 21.0. The second-order valence-electron chi connectivity index (χ2n) is 8.98. The van der Waals surface area contributed by atoms with E-state index >= 15 is 0 Å². The smallest absolute Gasteiger partial charge is 0.302 e. The Morgan fingerprint density at radius 2 is 1.54 bits per heavy atom. The van der Waals surface area contributed by atoms with Crippen LogP contribution in [0.15, 0.2) is 48.5 Å². The Balaban J connectivity index is 2.13. The number of carbonyl (C=O) groups excluding carboxylic acids is 3. The zero-order valence-corrected chi connectivity index (χ0v) is 21.0. The largest absolute Gasteiger partial charge is 0.494 e. The summed E-state index contributed by atoms with van der Waals surface area (Å²) >= 11 is 0. The first kappa shape index (κ1) is 27.9. The summed E-state index contributed by atoms with van der Waals surface area (Å²) in [4.78, 5) is 34.7. The average molecular weight is 484 g/mol. The molecule has 0 spiro atoms. The molecule has 35 heavy (non-hydrogen) atoms. The third-order valence-corrected chi connectivity index (χ3v) is 5.79. The monoisotopic (exact) mass is 483 g/mol. The Bertz CT molecular complexity index is 952. The van der Waals surface area contributed by atoms with Gasteiger partial charge in [-0.05, 0) is 48.1 Å². The van der Waals surface area contributed by atoms with Crippen molar-refractivity contribution in [3.63, 3.8) is 0 Å². The molecule has 0 saturated heterocycles. The van der Waals surface area contributed by atoms with Crippen LogP contribution in [0.1, 0.15) is 58.4 Å². The predicted molar refractivity (Wildman–Crippen MR) is 135 cm³/mol. The lowest BCUT2D eigenvalue weighted by atomic mass is 9.80. The van der Waals surface area contributed by atoms with Crippen molar-refractivity contribution in [1.82, 2.24) is 0 Å². The van der Waals surface area contributed by atoms with Gasteiger partial charge < -0.3 is 19.9 Å². The van der Waals surface area contributed by atoms with Gasteiger partial charge in [-0.15, -0.1) is 0 Å². The number of rotatable bonds is 15. The minimum atomic E-state index is -0.893. The highest BCUT2D eigenvalue weighted by Gasteiger charge is 2.35. The summed E-state index contributed by atoms with van der Waals surface area (Å²) in [5, 5.41) is 0. The molecule has 2 aromatic rings. The molecular weight excluding hydrogens is 446 g/mol. The molecule has 0 aliphatic heterocycles. The second kappa shape index (κ2) is 14.1. The molecule has 0 unspecified atom stereocenters. The maximum Gasteiger partial charge on any atom is 0.302 e. The SMILES string of the molecule is CCCCCOc1ccc(-c2cccc(CCC(COC(C)=O)(COC(C)=O)CC(N)=O)c2)cc1. The molecule has 0 bridgehead atoms. The first-order chi connectivity index (χ1) is 16.7. The summed E-state index contributed by atoms with van der Waals surface area (Å²) in [6.07, 6.45) is 4.34. The second-order valence-corrected chi connectivity index (χ2v) is 8.98. The number of esters is 2. The van der Waals surface area contributed by atoms with Crippen LogP contribution < -0.4 is 10.5 Å². The number of nitrogens with two attached hydrogens (primary N) is 1. The Kier molecular flexibility index (Phi) is 11.3. The van der Waals surface area contributed by atoms with E-state index < -0.39 is 23.3 Å². The van der Waals surface area contributed by atoms with E-state index in [0.717, 1.165) is 48.3 Å². The van der Waals surface area contributed by atoms with Crippen molar-refractivity contribution >= 4 is 17.8 Å². The van der Waals surface area contributed by atoms with Gasteiger partial charge in [0.15, 0.2) is 0 Å². The van der Waals surface area contributed by atoms with Gasteiger partial charge in [0.25, 0.3) is 0 Å². The number of unbranched alkanes of at least 4 members (excludes halogenated alkanes) is 2.